The highest BCUT2D eigenvalue weighted by Gasteiger charge is 2.05. The van der Waals surface area contributed by atoms with Crippen molar-refractivity contribution in [1.29, 1.82) is 0 Å². The van der Waals surface area contributed by atoms with Gasteiger partial charge in [0.2, 0.25) is 0 Å². The van der Waals surface area contributed by atoms with E-state index in [1.165, 1.54) is 16.2 Å². The molecule has 0 aliphatic carbocycles. The van der Waals surface area contributed by atoms with Crippen molar-refractivity contribution in [1.82, 2.24) is 0 Å². The van der Waals surface area contributed by atoms with E-state index in [0.29, 0.717) is 0 Å². The second kappa shape index (κ2) is 3.16. The predicted molar refractivity (Wildman–Crippen MR) is 66.4 cm³/mol. The summed E-state index contributed by atoms with van der Waals surface area (Å²) < 4.78 is 5.75. The van der Waals surface area contributed by atoms with Gasteiger partial charge in [0.25, 0.3) is 0 Å². The number of fused-ring (bicyclic) bond motifs is 3. The molecule has 0 unspecified atom stereocenters. The lowest BCUT2D eigenvalue weighted by molar-refractivity contribution is 0.669. The molecule has 72 valence electrons. The van der Waals surface area contributed by atoms with Crippen molar-refractivity contribution in [2.75, 3.05) is 0 Å². The Hall–Kier alpha value is -1.70. The standard InChI is InChI=1S/C13H11BO/c1-14-9-6-7-13-11(8-9)10-4-2-3-5-12(10)15-13/h2-8,14H,1H3. The number of benzene rings is 2. The highest BCUT2D eigenvalue weighted by atomic mass is 16.3. The van der Waals surface area contributed by atoms with E-state index in [-0.39, 0.29) is 0 Å². The molecule has 1 aromatic heterocycles. The van der Waals surface area contributed by atoms with Gasteiger partial charge in [0.15, 0.2) is 7.28 Å². The van der Waals surface area contributed by atoms with E-state index in [4.69, 9.17) is 4.42 Å². The summed E-state index contributed by atoms with van der Waals surface area (Å²) in [4.78, 5) is 0. The fraction of sp³-hybridized carbons (Fsp3) is 0.0769. The zero-order valence-electron chi connectivity index (χ0n) is 8.66. The Balaban J connectivity index is 2.46. The zero-order valence-corrected chi connectivity index (χ0v) is 8.66. The van der Waals surface area contributed by atoms with E-state index in [0.717, 1.165) is 18.4 Å². The summed E-state index contributed by atoms with van der Waals surface area (Å²) in [5, 5.41) is 2.44. The van der Waals surface area contributed by atoms with E-state index in [2.05, 4.69) is 37.2 Å². The zero-order chi connectivity index (χ0) is 10.3. The Morgan fingerprint density at radius 2 is 1.73 bits per heavy atom. The quantitative estimate of drug-likeness (QED) is 0.542. The molecule has 0 aliphatic rings. The summed E-state index contributed by atoms with van der Waals surface area (Å²) in [5.74, 6) is 0. The van der Waals surface area contributed by atoms with Crippen molar-refractivity contribution >= 4 is 34.7 Å². The molecule has 0 saturated carbocycles. The van der Waals surface area contributed by atoms with Crippen LogP contribution in [0.4, 0.5) is 0 Å². The van der Waals surface area contributed by atoms with Crippen LogP contribution in [0.3, 0.4) is 0 Å². The minimum Gasteiger partial charge on any atom is -0.456 e. The largest absolute Gasteiger partial charge is 0.456 e. The summed E-state index contributed by atoms with van der Waals surface area (Å²) in [6, 6.07) is 14.6. The van der Waals surface area contributed by atoms with Gasteiger partial charge in [-0.25, -0.2) is 0 Å². The molecule has 0 saturated heterocycles. The fourth-order valence-corrected chi connectivity index (χ4v) is 1.99. The highest BCUT2D eigenvalue weighted by Crippen LogP contribution is 2.27. The first kappa shape index (κ1) is 8.60. The predicted octanol–water partition coefficient (Wildman–Crippen LogP) is 2.70. The number of hydrogen-bond acceptors (Lipinski definition) is 1. The molecular formula is C13H11BO. The molecule has 0 fully saturated rings. The van der Waals surface area contributed by atoms with Gasteiger partial charge in [0.05, 0.1) is 0 Å². The van der Waals surface area contributed by atoms with E-state index < -0.39 is 0 Å². The molecule has 3 aromatic rings. The third-order valence-electron chi connectivity index (χ3n) is 2.85. The van der Waals surface area contributed by atoms with Crippen LogP contribution in [0.1, 0.15) is 0 Å². The lowest BCUT2D eigenvalue weighted by atomic mass is 9.73. The summed E-state index contributed by atoms with van der Waals surface area (Å²) in [6.07, 6.45) is 0. The van der Waals surface area contributed by atoms with E-state index in [9.17, 15) is 0 Å². The van der Waals surface area contributed by atoms with Crippen LogP contribution in [-0.2, 0) is 0 Å². The molecule has 0 radical (unpaired) electrons. The molecule has 3 rings (SSSR count). The smallest absolute Gasteiger partial charge is 0.154 e. The van der Waals surface area contributed by atoms with Crippen molar-refractivity contribution in [2.45, 2.75) is 6.82 Å². The molecule has 1 nitrogen and oxygen atoms in total. The summed E-state index contributed by atoms with van der Waals surface area (Å²) >= 11 is 0. The maximum Gasteiger partial charge on any atom is 0.154 e. The van der Waals surface area contributed by atoms with Crippen LogP contribution in [-0.4, -0.2) is 7.28 Å². The Bertz CT molecular complexity index is 625. The summed E-state index contributed by atoms with van der Waals surface area (Å²) in [5.41, 5.74) is 3.31. The third-order valence-corrected chi connectivity index (χ3v) is 2.85. The molecule has 15 heavy (non-hydrogen) atoms. The monoisotopic (exact) mass is 194 g/mol. The van der Waals surface area contributed by atoms with Gasteiger partial charge in [0, 0.05) is 10.8 Å². The Morgan fingerprint density at radius 1 is 0.933 bits per heavy atom. The van der Waals surface area contributed by atoms with Crippen LogP contribution < -0.4 is 5.46 Å². The molecule has 1 heterocycles. The maximum atomic E-state index is 5.75. The first-order chi connectivity index (χ1) is 7.38. The topological polar surface area (TPSA) is 13.1 Å². The number of rotatable bonds is 1. The van der Waals surface area contributed by atoms with Crippen LogP contribution in [0.5, 0.6) is 0 Å². The third kappa shape index (κ3) is 1.25. The van der Waals surface area contributed by atoms with Gasteiger partial charge in [-0.15, -0.1) is 0 Å². The molecule has 2 aromatic carbocycles. The van der Waals surface area contributed by atoms with Crippen molar-refractivity contribution in [3.8, 4) is 0 Å². The van der Waals surface area contributed by atoms with Crippen molar-refractivity contribution in [2.24, 2.45) is 0 Å². The highest BCUT2D eigenvalue weighted by molar-refractivity contribution is 6.52. The molecule has 0 amide bonds. The van der Waals surface area contributed by atoms with Gasteiger partial charge in [-0.2, -0.15) is 0 Å². The lowest BCUT2D eigenvalue weighted by Gasteiger charge is -1.94. The van der Waals surface area contributed by atoms with E-state index >= 15 is 0 Å². The average Bonchev–Trinajstić information content (AvgIpc) is 2.66. The second-order valence-electron chi connectivity index (χ2n) is 3.78. The van der Waals surface area contributed by atoms with Crippen molar-refractivity contribution in [3.05, 3.63) is 42.5 Å². The first-order valence-corrected chi connectivity index (χ1v) is 5.28. The van der Waals surface area contributed by atoms with E-state index in [1.807, 2.05) is 12.1 Å². The number of furan rings is 1. The summed E-state index contributed by atoms with van der Waals surface area (Å²) in [6.45, 7) is 2.17. The molecule has 2 heteroatoms. The van der Waals surface area contributed by atoms with Crippen LogP contribution in [0.2, 0.25) is 6.82 Å². The molecule has 0 spiro atoms. The number of hydrogen-bond donors (Lipinski definition) is 0. The molecule has 0 bridgehead atoms. The van der Waals surface area contributed by atoms with Gasteiger partial charge >= 0.3 is 0 Å². The average molecular weight is 194 g/mol. The van der Waals surface area contributed by atoms with Gasteiger partial charge in [-0.1, -0.05) is 42.6 Å². The Kier molecular flexibility index (Phi) is 1.81. The molecule has 0 N–H and O–H groups in total. The number of para-hydroxylation sites is 1. The van der Waals surface area contributed by atoms with E-state index in [1.54, 1.807) is 0 Å². The molecule has 0 atom stereocenters. The van der Waals surface area contributed by atoms with Crippen LogP contribution in [0.15, 0.2) is 46.9 Å². The second-order valence-corrected chi connectivity index (χ2v) is 3.78. The molecular weight excluding hydrogens is 183 g/mol. The van der Waals surface area contributed by atoms with Crippen LogP contribution in [0, 0.1) is 0 Å². The van der Waals surface area contributed by atoms with Gasteiger partial charge in [-0.05, 0) is 12.1 Å². The normalized spacial score (nSPS) is 11.0. The van der Waals surface area contributed by atoms with Crippen LogP contribution in [0.25, 0.3) is 21.9 Å². The van der Waals surface area contributed by atoms with Crippen LogP contribution >= 0.6 is 0 Å². The van der Waals surface area contributed by atoms with Gasteiger partial charge < -0.3 is 4.42 Å². The minimum absolute atomic E-state index is 0.973. The maximum absolute atomic E-state index is 5.75. The van der Waals surface area contributed by atoms with Gasteiger partial charge in [0.1, 0.15) is 11.2 Å². The fourth-order valence-electron chi connectivity index (χ4n) is 1.99. The van der Waals surface area contributed by atoms with Crippen molar-refractivity contribution < 1.29 is 4.42 Å². The first-order valence-electron chi connectivity index (χ1n) is 5.28. The Morgan fingerprint density at radius 3 is 2.60 bits per heavy atom. The Labute approximate surface area is 88.9 Å². The minimum atomic E-state index is 0.973. The lowest BCUT2D eigenvalue weighted by Crippen LogP contribution is -2.08. The van der Waals surface area contributed by atoms with Crippen molar-refractivity contribution in [3.63, 3.8) is 0 Å². The summed E-state index contributed by atoms with van der Waals surface area (Å²) in [7, 11) is 1.06. The van der Waals surface area contributed by atoms with Gasteiger partial charge in [-0.3, -0.25) is 0 Å². The molecule has 0 aliphatic heterocycles. The SMILES string of the molecule is CBc1ccc2oc3ccccc3c2c1.